The second-order valence-electron chi connectivity index (χ2n) is 8.14. The molecule has 0 bridgehead atoms. The molecule has 0 aromatic heterocycles. The van der Waals surface area contributed by atoms with E-state index in [4.69, 9.17) is 19.3 Å². The molecule has 26 heavy (non-hydrogen) atoms. The minimum Gasteiger partial charge on any atom is -0.444 e. The Morgan fingerprint density at radius 1 is 1.04 bits per heavy atom. The molecular weight excluding hydrogens is 340 g/mol. The Morgan fingerprint density at radius 3 is 1.85 bits per heavy atom. The van der Waals surface area contributed by atoms with Gasteiger partial charge >= 0.3 is 12.2 Å². The standard InChI is InChI=1S/C10H21NO3.C8H17NO3/c1-8(13-6)7-11(5)9(12)14-10(2,3)4;1-6(10)5-9-7(11)12-8(2,3)4/h8H,7H2,1-6H3;6,10H,5H2,1-4H3,(H,9,11)/t8-;6-/m11/s1. The summed E-state index contributed by atoms with van der Waals surface area (Å²) in [5, 5.41) is 11.3. The molecule has 0 saturated carbocycles. The van der Waals surface area contributed by atoms with Crippen LogP contribution < -0.4 is 5.32 Å². The van der Waals surface area contributed by atoms with E-state index >= 15 is 0 Å². The van der Waals surface area contributed by atoms with Crippen LogP contribution in [0, 0.1) is 0 Å². The number of hydrogen-bond acceptors (Lipinski definition) is 6. The fourth-order valence-electron chi connectivity index (χ4n) is 1.42. The minimum absolute atomic E-state index is 0.0209. The predicted octanol–water partition coefficient (Wildman–Crippen LogP) is 2.78. The maximum absolute atomic E-state index is 11.5. The molecule has 0 radical (unpaired) electrons. The van der Waals surface area contributed by atoms with E-state index in [2.05, 4.69) is 5.32 Å². The number of alkyl carbamates (subject to hydrolysis) is 1. The molecule has 0 aromatic carbocycles. The quantitative estimate of drug-likeness (QED) is 0.763. The molecule has 0 aliphatic heterocycles. The Labute approximate surface area is 158 Å². The SMILES string of the molecule is CO[C@H](C)CN(C)C(=O)OC(C)(C)C.C[C@@H](O)CNC(=O)OC(C)(C)C. The third-order valence-electron chi connectivity index (χ3n) is 2.58. The molecule has 0 rings (SSSR count). The maximum atomic E-state index is 11.5. The van der Waals surface area contributed by atoms with Gasteiger partial charge in [-0.2, -0.15) is 0 Å². The molecule has 0 spiro atoms. The largest absolute Gasteiger partial charge is 0.444 e. The molecule has 0 aliphatic carbocycles. The highest BCUT2D eigenvalue weighted by atomic mass is 16.6. The van der Waals surface area contributed by atoms with E-state index in [1.165, 1.54) is 4.90 Å². The van der Waals surface area contributed by atoms with E-state index in [1.54, 1.807) is 41.9 Å². The number of methoxy groups -OCH3 is 1. The normalized spacial score (nSPS) is 13.7. The Balaban J connectivity index is 0. The van der Waals surface area contributed by atoms with Crippen LogP contribution in [0.2, 0.25) is 0 Å². The third-order valence-corrected chi connectivity index (χ3v) is 2.58. The first kappa shape index (κ1) is 26.7. The van der Waals surface area contributed by atoms with Crippen molar-refractivity contribution in [1.29, 1.82) is 0 Å². The Bertz CT molecular complexity index is 413. The van der Waals surface area contributed by atoms with Gasteiger partial charge in [-0.05, 0) is 55.4 Å². The topological polar surface area (TPSA) is 97.3 Å². The van der Waals surface area contributed by atoms with Crippen LogP contribution in [0.4, 0.5) is 9.59 Å². The average molecular weight is 379 g/mol. The molecule has 0 fully saturated rings. The second-order valence-corrected chi connectivity index (χ2v) is 8.14. The van der Waals surface area contributed by atoms with Crippen LogP contribution in [0.5, 0.6) is 0 Å². The number of rotatable bonds is 5. The first-order chi connectivity index (χ1) is 11.6. The highest BCUT2D eigenvalue weighted by Crippen LogP contribution is 2.09. The van der Waals surface area contributed by atoms with Gasteiger partial charge < -0.3 is 29.5 Å². The summed E-state index contributed by atoms with van der Waals surface area (Å²) in [6.07, 6.45) is -1.34. The summed E-state index contributed by atoms with van der Waals surface area (Å²) in [4.78, 5) is 23.9. The fraction of sp³-hybridized carbons (Fsp3) is 0.889. The molecular formula is C18H38N2O6. The van der Waals surface area contributed by atoms with Gasteiger partial charge in [-0.1, -0.05) is 0 Å². The lowest BCUT2D eigenvalue weighted by Gasteiger charge is -2.26. The average Bonchev–Trinajstić information content (AvgIpc) is 2.42. The first-order valence-electron chi connectivity index (χ1n) is 8.69. The summed E-state index contributed by atoms with van der Waals surface area (Å²) < 4.78 is 15.2. The monoisotopic (exact) mass is 378 g/mol. The van der Waals surface area contributed by atoms with Gasteiger partial charge in [0.25, 0.3) is 0 Å². The van der Waals surface area contributed by atoms with E-state index in [0.29, 0.717) is 6.54 Å². The second kappa shape index (κ2) is 12.0. The van der Waals surface area contributed by atoms with Crippen molar-refractivity contribution in [3.63, 3.8) is 0 Å². The van der Waals surface area contributed by atoms with Gasteiger partial charge in [0.15, 0.2) is 0 Å². The zero-order chi connectivity index (χ0) is 21.1. The van der Waals surface area contributed by atoms with Crippen LogP contribution in [0.25, 0.3) is 0 Å². The minimum atomic E-state index is -0.544. The first-order valence-corrected chi connectivity index (χ1v) is 8.69. The molecule has 8 nitrogen and oxygen atoms in total. The van der Waals surface area contributed by atoms with Crippen molar-refractivity contribution in [2.75, 3.05) is 27.2 Å². The predicted molar refractivity (Wildman–Crippen MR) is 101 cm³/mol. The van der Waals surface area contributed by atoms with Crippen molar-refractivity contribution in [1.82, 2.24) is 10.2 Å². The highest BCUT2D eigenvalue weighted by molar-refractivity contribution is 5.68. The van der Waals surface area contributed by atoms with E-state index < -0.39 is 23.4 Å². The zero-order valence-corrected chi connectivity index (χ0v) is 18.0. The molecule has 0 saturated heterocycles. The molecule has 2 N–H and O–H groups in total. The fourth-order valence-corrected chi connectivity index (χ4v) is 1.42. The number of aliphatic hydroxyl groups excluding tert-OH is 1. The van der Waals surface area contributed by atoms with Gasteiger partial charge in [-0.3, -0.25) is 0 Å². The third kappa shape index (κ3) is 18.8. The molecule has 0 unspecified atom stereocenters. The van der Waals surface area contributed by atoms with E-state index in [9.17, 15) is 9.59 Å². The van der Waals surface area contributed by atoms with Gasteiger partial charge in [0.05, 0.1) is 12.2 Å². The number of hydrogen-bond donors (Lipinski definition) is 2. The lowest BCUT2D eigenvalue weighted by atomic mass is 10.2. The lowest BCUT2D eigenvalue weighted by molar-refractivity contribution is 0.0171. The van der Waals surface area contributed by atoms with Gasteiger partial charge in [0.2, 0.25) is 0 Å². The number of nitrogens with zero attached hydrogens (tertiary/aromatic N) is 1. The van der Waals surface area contributed by atoms with Gasteiger partial charge in [-0.15, -0.1) is 0 Å². The number of amides is 2. The maximum Gasteiger partial charge on any atom is 0.410 e. The number of likely N-dealkylation sites (N-methyl/N-ethyl adjacent to an activating group) is 1. The number of nitrogens with one attached hydrogen (secondary N) is 1. The van der Waals surface area contributed by atoms with Crippen LogP contribution in [0.1, 0.15) is 55.4 Å². The lowest BCUT2D eigenvalue weighted by Crippen LogP contribution is -2.38. The van der Waals surface area contributed by atoms with Gasteiger partial charge in [0.1, 0.15) is 11.2 Å². The van der Waals surface area contributed by atoms with Crippen LogP contribution in [-0.2, 0) is 14.2 Å². The number of ether oxygens (including phenoxy) is 3. The zero-order valence-electron chi connectivity index (χ0n) is 18.0. The molecule has 156 valence electrons. The van der Waals surface area contributed by atoms with Crippen molar-refractivity contribution >= 4 is 12.2 Å². The molecule has 2 atom stereocenters. The molecule has 0 aliphatic rings. The van der Waals surface area contributed by atoms with Crippen molar-refractivity contribution in [2.24, 2.45) is 0 Å². The Morgan fingerprint density at radius 2 is 1.50 bits per heavy atom. The summed E-state index contributed by atoms with van der Waals surface area (Å²) in [6, 6.07) is 0. The van der Waals surface area contributed by atoms with Crippen molar-refractivity contribution in [3.05, 3.63) is 0 Å². The van der Waals surface area contributed by atoms with Crippen LogP contribution in [-0.4, -0.2) is 72.8 Å². The molecule has 0 heterocycles. The summed E-state index contributed by atoms with van der Waals surface area (Å²) >= 11 is 0. The molecule has 2 amide bonds. The van der Waals surface area contributed by atoms with Crippen LogP contribution in [0.15, 0.2) is 0 Å². The van der Waals surface area contributed by atoms with Crippen molar-refractivity contribution < 1.29 is 28.9 Å². The Hall–Kier alpha value is -1.54. The van der Waals surface area contributed by atoms with Gasteiger partial charge in [-0.25, -0.2) is 9.59 Å². The van der Waals surface area contributed by atoms with E-state index in [-0.39, 0.29) is 18.7 Å². The smallest absolute Gasteiger partial charge is 0.410 e. The van der Waals surface area contributed by atoms with Gasteiger partial charge in [0, 0.05) is 27.2 Å². The number of carbonyl (C=O) groups is 2. The Kier molecular flexibility index (Phi) is 12.3. The summed E-state index contributed by atoms with van der Waals surface area (Å²) in [5.74, 6) is 0. The number of aliphatic hydroxyl groups is 1. The highest BCUT2D eigenvalue weighted by Gasteiger charge is 2.20. The van der Waals surface area contributed by atoms with Crippen LogP contribution >= 0.6 is 0 Å². The molecule has 0 aromatic rings. The van der Waals surface area contributed by atoms with Crippen molar-refractivity contribution in [3.8, 4) is 0 Å². The van der Waals surface area contributed by atoms with E-state index in [1.807, 2.05) is 27.7 Å². The van der Waals surface area contributed by atoms with Crippen LogP contribution in [0.3, 0.4) is 0 Å². The number of carbonyl (C=O) groups excluding carboxylic acids is 2. The molecule has 8 heteroatoms. The summed E-state index contributed by atoms with van der Waals surface area (Å²) in [5.41, 5.74) is -0.926. The van der Waals surface area contributed by atoms with E-state index in [0.717, 1.165) is 0 Å². The summed E-state index contributed by atoms with van der Waals surface area (Å²) in [6.45, 7) is 15.1. The van der Waals surface area contributed by atoms with Crippen molar-refractivity contribution in [2.45, 2.75) is 78.8 Å². The summed E-state index contributed by atoms with van der Waals surface area (Å²) in [7, 11) is 3.32.